The van der Waals surface area contributed by atoms with Crippen molar-refractivity contribution in [2.45, 2.75) is 21.5 Å². The molecule has 2 aliphatic heterocycles. The number of nitrogens with two attached hydrogens (primary N) is 1. The van der Waals surface area contributed by atoms with E-state index in [1.807, 2.05) is 60.7 Å². The molecule has 0 bridgehead atoms. The maximum absolute atomic E-state index is 13.8. The Morgan fingerprint density at radius 3 is 2.47 bits per heavy atom. The molecule has 1 aromatic heterocycles. The Morgan fingerprint density at radius 2 is 1.89 bits per heavy atom. The molecule has 12 heteroatoms. The number of hydrogen-bond acceptors (Lipinski definition) is 10. The van der Waals surface area contributed by atoms with Gasteiger partial charge < -0.3 is 10.1 Å². The van der Waals surface area contributed by atoms with Gasteiger partial charge in [-0.05, 0) is 16.7 Å². The van der Waals surface area contributed by atoms with Gasteiger partial charge in [0.1, 0.15) is 16.6 Å². The summed E-state index contributed by atoms with van der Waals surface area (Å²) in [7, 11) is 0. The van der Waals surface area contributed by atoms with E-state index in [2.05, 4.69) is 15.5 Å². The second-order valence-corrected chi connectivity index (χ2v) is 11.1. The number of benzene rings is 2. The van der Waals surface area contributed by atoms with E-state index < -0.39 is 29.0 Å². The molecule has 1 fully saturated rings. The summed E-state index contributed by atoms with van der Waals surface area (Å²) >= 11 is 4.21. The lowest BCUT2D eigenvalue weighted by Gasteiger charge is -2.55. The zero-order valence-corrected chi connectivity index (χ0v) is 21.2. The summed E-state index contributed by atoms with van der Waals surface area (Å²) < 4.78 is 6.84. The number of thioether (sulfide) groups is 2. The van der Waals surface area contributed by atoms with Crippen LogP contribution >= 0.6 is 34.9 Å². The van der Waals surface area contributed by atoms with Crippen LogP contribution in [0.1, 0.15) is 17.2 Å². The first-order valence-corrected chi connectivity index (χ1v) is 13.8. The standard InChI is InChI=1S/C24H21N5O4S3/c25-24(26-13-30)21(32)29-18(17(11-34-22(24)29)12-35-23-28-27-14-36-23)20(31)33-19(15-7-3-1-4-8-15)16-9-5-2-6-10-16/h1-10,13-14,19,22H,11-12,25H2,(H,26,30)/t22-,24+/m1/s1. The molecular weight excluding hydrogens is 518 g/mol. The molecule has 0 radical (unpaired) electrons. The zero-order valence-electron chi connectivity index (χ0n) is 18.8. The predicted molar refractivity (Wildman–Crippen MR) is 138 cm³/mol. The van der Waals surface area contributed by atoms with Crippen LogP contribution in [0.15, 0.2) is 81.8 Å². The number of nitrogens with one attached hydrogen (secondary N) is 1. The Bertz CT molecular complexity index is 1250. The van der Waals surface area contributed by atoms with Gasteiger partial charge in [-0.15, -0.1) is 22.0 Å². The molecule has 5 rings (SSSR count). The number of esters is 1. The van der Waals surface area contributed by atoms with Gasteiger partial charge >= 0.3 is 5.97 Å². The Labute approximate surface area is 219 Å². The van der Waals surface area contributed by atoms with Crippen LogP contribution in [0.25, 0.3) is 0 Å². The van der Waals surface area contributed by atoms with Crippen molar-refractivity contribution in [1.82, 2.24) is 20.4 Å². The maximum atomic E-state index is 13.8. The molecule has 3 aromatic rings. The third kappa shape index (κ3) is 4.52. The van der Waals surface area contributed by atoms with Crippen molar-refractivity contribution in [3.05, 3.63) is 88.6 Å². The summed E-state index contributed by atoms with van der Waals surface area (Å²) in [6.07, 6.45) is -0.274. The third-order valence-corrected chi connectivity index (χ3v) is 9.18. The molecule has 9 nitrogen and oxygen atoms in total. The minimum atomic E-state index is -1.58. The highest BCUT2D eigenvalue weighted by atomic mass is 32.2. The van der Waals surface area contributed by atoms with Crippen LogP contribution in [-0.2, 0) is 19.1 Å². The van der Waals surface area contributed by atoms with Crippen LogP contribution in [0.2, 0.25) is 0 Å². The van der Waals surface area contributed by atoms with Crippen LogP contribution in [0.4, 0.5) is 0 Å². The smallest absolute Gasteiger partial charge is 0.356 e. The molecule has 2 atom stereocenters. The van der Waals surface area contributed by atoms with Crippen LogP contribution in [0.5, 0.6) is 0 Å². The lowest BCUT2D eigenvalue weighted by molar-refractivity contribution is -0.160. The Kier molecular flexibility index (Phi) is 7.10. The molecule has 2 amide bonds. The summed E-state index contributed by atoms with van der Waals surface area (Å²) in [5.74, 6) is -0.338. The maximum Gasteiger partial charge on any atom is 0.356 e. The molecule has 2 aliphatic rings. The average molecular weight is 540 g/mol. The molecule has 36 heavy (non-hydrogen) atoms. The fraction of sp³-hybridized carbons (Fsp3) is 0.208. The molecule has 0 aliphatic carbocycles. The van der Waals surface area contributed by atoms with Crippen LogP contribution in [-0.4, -0.2) is 55.9 Å². The lowest BCUT2D eigenvalue weighted by Crippen LogP contribution is -2.83. The zero-order chi connectivity index (χ0) is 25.1. The van der Waals surface area contributed by atoms with Crippen LogP contribution in [0, 0.1) is 0 Å². The highest BCUT2D eigenvalue weighted by Crippen LogP contribution is 2.45. The molecule has 0 spiro atoms. The van der Waals surface area contributed by atoms with E-state index in [1.165, 1.54) is 39.8 Å². The fourth-order valence-electron chi connectivity index (χ4n) is 4.10. The van der Waals surface area contributed by atoms with Crippen molar-refractivity contribution < 1.29 is 19.1 Å². The second kappa shape index (κ2) is 10.4. The molecule has 2 aromatic carbocycles. The first kappa shape index (κ1) is 24.5. The largest absolute Gasteiger partial charge is 0.448 e. The Balaban J connectivity index is 1.49. The molecule has 0 saturated carbocycles. The van der Waals surface area contributed by atoms with Gasteiger partial charge in [-0.25, -0.2) is 4.79 Å². The second-order valence-electron chi connectivity index (χ2n) is 8.02. The number of ether oxygens (including phenoxy) is 1. The summed E-state index contributed by atoms with van der Waals surface area (Å²) in [4.78, 5) is 39.4. The number of carbonyl (C=O) groups is 3. The van der Waals surface area contributed by atoms with Gasteiger partial charge in [0.05, 0.1) is 0 Å². The normalized spacial score (nSPS) is 21.1. The van der Waals surface area contributed by atoms with Gasteiger partial charge in [-0.1, -0.05) is 83.8 Å². The monoisotopic (exact) mass is 539 g/mol. The van der Waals surface area contributed by atoms with Crippen molar-refractivity contribution in [2.24, 2.45) is 5.73 Å². The molecule has 184 valence electrons. The summed E-state index contributed by atoms with van der Waals surface area (Å²) in [6, 6.07) is 18.8. The number of amides is 2. The molecule has 1 saturated heterocycles. The molecule has 0 unspecified atom stereocenters. The number of hydrogen-bond donors (Lipinski definition) is 2. The summed E-state index contributed by atoms with van der Waals surface area (Å²) in [6.45, 7) is 0. The summed E-state index contributed by atoms with van der Waals surface area (Å²) in [5, 5.41) is 9.69. The Hall–Kier alpha value is -3.19. The first-order chi connectivity index (χ1) is 17.5. The molecule has 3 heterocycles. The van der Waals surface area contributed by atoms with Crippen molar-refractivity contribution in [1.29, 1.82) is 0 Å². The molecule has 3 N–H and O–H groups in total. The topological polar surface area (TPSA) is 128 Å². The number of carbonyl (C=O) groups excluding carboxylic acids is 3. The minimum absolute atomic E-state index is 0.159. The highest BCUT2D eigenvalue weighted by molar-refractivity contribution is 8.01. The van der Waals surface area contributed by atoms with Gasteiger partial charge in [0, 0.05) is 11.5 Å². The van der Waals surface area contributed by atoms with E-state index in [0.29, 0.717) is 17.9 Å². The van der Waals surface area contributed by atoms with Gasteiger partial charge in [0.2, 0.25) is 12.1 Å². The molecular formula is C24H21N5O4S3. The SMILES string of the molecule is N[C@]1(NC=O)C(=O)N2C(C(=O)OC(c3ccccc3)c3ccccc3)=C(CSc3nncs3)CS[C@@H]21. The quantitative estimate of drug-likeness (QED) is 0.139. The average Bonchev–Trinajstić information content (AvgIpc) is 3.44. The van der Waals surface area contributed by atoms with E-state index in [9.17, 15) is 14.4 Å². The van der Waals surface area contributed by atoms with Crippen molar-refractivity contribution in [2.75, 3.05) is 11.5 Å². The lowest BCUT2D eigenvalue weighted by atomic mass is 9.96. The van der Waals surface area contributed by atoms with E-state index in [0.717, 1.165) is 21.0 Å². The van der Waals surface area contributed by atoms with Crippen molar-refractivity contribution in [3.63, 3.8) is 0 Å². The number of aromatic nitrogens is 2. The number of nitrogens with zero attached hydrogens (tertiary/aromatic N) is 3. The predicted octanol–water partition coefficient (Wildman–Crippen LogP) is 2.53. The van der Waals surface area contributed by atoms with Crippen LogP contribution < -0.4 is 11.1 Å². The van der Waals surface area contributed by atoms with E-state index in [4.69, 9.17) is 10.5 Å². The number of β-lactam (4-membered cyclic amide) rings is 1. The number of rotatable bonds is 9. The number of fused-ring (bicyclic) bond motifs is 1. The van der Waals surface area contributed by atoms with Gasteiger partial charge in [0.25, 0.3) is 5.91 Å². The van der Waals surface area contributed by atoms with E-state index in [1.54, 1.807) is 5.51 Å². The first-order valence-electron chi connectivity index (χ1n) is 10.9. The van der Waals surface area contributed by atoms with Crippen molar-refractivity contribution in [3.8, 4) is 0 Å². The highest BCUT2D eigenvalue weighted by Gasteiger charge is 2.63. The minimum Gasteiger partial charge on any atom is -0.448 e. The van der Waals surface area contributed by atoms with E-state index >= 15 is 0 Å². The van der Waals surface area contributed by atoms with E-state index in [-0.39, 0.29) is 5.70 Å². The van der Waals surface area contributed by atoms with Gasteiger partial charge in [-0.2, -0.15) is 0 Å². The van der Waals surface area contributed by atoms with Gasteiger partial charge in [-0.3, -0.25) is 20.2 Å². The third-order valence-electron chi connectivity index (χ3n) is 5.82. The summed E-state index contributed by atoms with van der Waals surface area (Å²) in [5.41, 5.74) is 8.75. The fourth-order valence-corrected chi connectivity index (χ4v) is 7.10. The van der Waals surface area contributed by atoms with Crippen LogP contribution in [0.3, 0.4) is 0 Å². The Morgan fingerprint density at radius 1 is 1.22 bits per heavy atom. The van der Waals surface area contributed by atoms with Crippen molar-refractivity contribution >= 4 is 53.1 Å². The van der Waals surface area contributed by atoms with Gasteiger partial charge in [0.15, 0.2) is 10.4 Å².